The quantitative estimate of drug-likeness (QED) is 0.761. The second-order valence-electron chi connectivity index (χ2n) is 4.69. The van der Waals surface area contributed by atoms with Crippen molar-refractivity contribution in [2.75, 3.05) is 6.54 Å². The SMILES string of the molecule is C=CC(=O)N(CC)C(c1ccccc1)c1ccc(F)cc1. The fourth-order valence-electron chi connectivity index (χ4n) is 2.42. The Morgan fingerprint density at radius 1 is 1.14 bits per heavy atom. The molecule has 3 heteroatoms. The van der Waals surface area contributed by atoms with E-state index < -0.39 is 0 Å². The minimum Gasteiger partial charge on any atom is -0.328 e. The largest absolute Gasteiger partial charge is 0.328 e. The lowest BCUT2D eigenvalue weighted by molar-refractivity contribution is -0.127. The number of nitrogens with zero attached hydrogens (tertiary/aromatic N) is 1. The zero-order chi connectivity index (χ0) is 15.2. The van der Waals surface area contributed by atoms with Gasteiger partial charge in [-0.25, -0.2) is 4.39 Å². The molecular weight excluding hydrogens is 265 g/mol. The number of hydrogen-bond acceptors (Lipinski definition) is 1. The smallest absolute Gasteiger partial charge is 0.246 e. The van der Waals surface area contributed by atoms with Crippen molar-refractivity contribution in [3.05, 3.63) is 84.2 Å². The van der Waals surface area contributed by atoms with Crippen molar-refractivity contribution in [2.45, 2.75) is 13.0 Å². The van der Waals surface area contributed by atoms with Crippen LogP contribution in [0.15, 0.2) is 67.3 Å². The van der Waals surface area contributed by atoms with Crippen LogP contribution < -0.4 is 0 Å². The first-order chi connectivity index (χ1) is 10.2. The van der Waals surface area contributed by atoms with Crippen LogP contribution in [0.25, 0.3) is 0 Å². The molecule has 0 bridgehead atoms. The maximum Gasteiger partial charge on any atom is 0.246 e. The predicted molar refractivity (Wildman–Crippen MR) is 82.3 cm³/mol. The fraction of sp³-hybridized carbons (Fsp3) is 0.167. The van der Waals surface area contributed by atoms with Gasteiger partial charge in [-0.05, 0) is 36.3 Å². The van der Waals surface area contributed by atoms with Crippen molar-refractivity contribution in [1.29, 1.82) is 0 Å². The Bertz CT molecular complexity index is 607. The molecule has 2 aromatic rings. The van der Waals surface area contributed by atoms with Crippen LogP contribution in [-0.2, 0) is 4.79 Å². The van der Waals surface area contributed by atoms with E-state index in [1.54, 1.807) is 17.0 Å². The van der Waals surface area contributed by atoms with Gasteiger partial charge in [0.25, 0.3) is 0 Å². The van der Waals surface area contributed by atoms with Crippen LogP contribution in [0.2, 0.25) is 0 Å². The van der Waals surface area contributed by atoms with Crippen molar-refractivity contribution in [1.82, 2.24) is 4.90 Å². The average Bonchev–Trinajstić information content (AvgIpc) is 2.54. The van der Waals surface area contributed by atoms with Crippen LogP contribution in [0.1, 0.15) is 24.1 Å². The maximum absolute atomic E-state index is 13.2. The van der Waals surface area contributed by atoms with E-state index in [2.05, 4.69) is 6.58 Å². The van der Waals surface area contributed by atoms with Crippen LogP contribution in [-0.4, -0.2) is 17.4 Å². The zero-order valence-electron chi connectivity index (χ0n) is 12.0. The Labute approximate surface area is 124 Å². The third kappa shape index (κ3) is 3.37. The molecule has 1 atom stereocenters. The highest BCUT2D eigenvalue weighted by atomic mass is 19.1. The highest BCUT2D eigenvalue weighted by molar-refractivity contribution is 5.87. The molecule has 0 aliphatic carbocycles. The molecule has 1 unspecified atom stereocenters. The minimum atomic E-state index is -0.288. The van der Waals surface area contributed by atoms with Crippen molar-refractivity contribution in [2.24, 2.45) is 0 Å². The van der Waals surface area contributed by atoms with Gasteiger partial charge in [0.2, 0.25) is 5.91 Å². The zero-order valence-corrected chi connectivity index (χ0v) is 12.0. The second-order valence-corrected chi connectivity index (χ2v) is 4.69. The van der Waals surface area contributed by atoms with E-state index in [1.807, 2.05) is 37.3 Å². The molecule has 0 radical (unpaired) electrons. The predicted octanol–water partition coefficient (Wildman–Crippen LogP) is 3.95. The summed E-state index contributed by atoms with van der Waals surface area (Å²) in [6.45, 7) is 6.02. The number of likely N-dealkylation sites (N-methyl/N-ethyl adjacent to an activating group) is 1. The van der Waals surface area contributed by atoms with Gasteiger partial charge in [-0.2, -0.15) is 0 Å². The van der Waals surface area contributed by atoms with Crippen molar-refractivity contribution >= 4 is 5.91 Å². The Balaban J connectivity index is 2.50. The first kappa shape index (κ1) is 15.0. The molecule has 0 saturated heterocycles. The van der Waals surface area contributed by atoms with Crippen LogP contribution in [0.4, 0.5) is 4.39 Å². The molecule has 0 aliphatic rings. The van der Waals surface area contributed by atoms with Gasteiger partial charge in [0.1, 0.15) is 5.82 Å². The Morgan fingerprint density at radius 2 is 1.71 bits per heavy atom. The van der Waals surface area contributed by atoms with Crippen molar-refractivity contribution in [3.63, 3.8) is 0 Å². The standard InChI is InChI=1S/C18H18FNO/c1-3-17(21)20(4-2)18(14-8-6-5-7-9-14)15-10-12-16(19)13-11-15/h3,5-13,18H,1,4H2,2H3. The monoisotopic (exact) mass is 283 g/mol. The van der Waals surface area contributed by atoms with Crippen LogP contribution in [0, 0.1) is 5.82 Å². The molecule has 2 nitrogen and oxygen atoms in total. The van der Waals surface area contributed by atoms with Crippen LogP contribution in [0.3, 0.4) is 0 Å². The number of hydrogen-bond donors (Lipinski definition) is 0. The van der Waals surface area contributed by atoms with Gasteiger partial charge < -0.3 is 4.90 Å². The molecule has 2 aromatic carbocycles. The van der Waals surface area contributed by atoms with Crippen LogP contribution in [0.5, 0.6) is 0 Å². The highest BCUT2D eigenvalue weighted by Crippen LogP contribution is 2.28. The second kappa shape index (κ2) is 6.84. The summed E-state index contributed by atoms with van der Waals surface area (Å²) in [7, 11) is 0. The Kier molecular flexibility index (Phi) is 4.88. The normalized spacial score (nSPS) is 11.7. The summed E-state index contributed by atoms with van der Waals surface area (Å²) in [5.74, 6) is -0.431. The molecule has 0 fully saturated rings. The number of amides is 1. The lowest BCUT2D eigenvalue weighted by Crippen LogP contribution is -2.34. The maximum atomic E-state index is 13.2. The lowest BCUT2D eigenvalue weighted by atomic mass is 9.97. The van der Waals surface area contributed by atoms with Crippen LogP contribution >= 0.6 is 0 Å². The molecule has 0 aliphatic heterocycles. The summed E-state index contributed by atoms with van der Waals surface area (Å²) >= 11 is 0. The molecule has 2 rings (SSSR count). The number of rotatable bonds is 5. The van der Waals surface area contributed by atoms with E-state index in [0.29, 0.717) is 6.54 Å². The molecule has 0 saturated carbocycles. The number of benzene rings is 2. The lowest BCUT2D eigenvalue weighted by Gasteiger charge is -2.31. The third-order valence-corrected chi connectivity index (χ3v) is 3.41. The van der Waals surface area contributed by atoms with Gasteiger partial charge in [0.05, 0.1) is 6.04 Å². The topological polar surface area (TPSA) is 20.3 Å². The summed E-state index contributed by atoms with van der Waals surface area (Å²) in [6.07, 6.45) is 1.31. The fourth-order valence-corrected chi connectivity index (χ4v) is 2.42. The Morgan fingerprint density at radius 3 is 2.24 bits per heavy atom. The molecular formula is C18H18FNO. The molecule has 0 spiro atoms. The minimum absolute atomic E-state index is 0.143. The van der Waals surface area contributed by atoms with Gasteiger partial charge >= 0.3 is 0 Å². The highest BCUT2D eigenvalue weighted by Gasteiger charge is 2.23. The Hall–Kier alpha value is -2.42. The van der Waals surface area contributed by atoms with Gasteiger partial charge in [0.15, 0.2) is 0 Å². The van der Waals surface area contributed by atoms with Gasteiger partial charge in [-0.1, -0.05) is 49.0 Å². The first-order valence-corrected chi connectivity index (χ1v) is 6.90. The number of halogens is 1. The van der Waals surface area contributed by atoms with E-state index in [9.17, 15) is 9.18 Å². The van der Waals surface area contributed by atoms with E-state index >= 15 is 0 Å². The summed E-state index contributed by atoms with van der Waals surface area (Å²) in [5, 5.41) is 0. The third-order valence-electron chi connectivity index (χ3n) is 3.41. The molecule has 108 valence electrons. The number of carbonyl (C=O) groups excluding carboxylic acids is 1. The van der Waals surface area contributed by atoms with Crippen molar-refractivity contribution < 1.29 is 9.18 Å². The molecule has 1 amide bonds. The average molecular weight is 283 g/mol. The molecule has 0 heterocycles. The van der Waals surface area contributed by atoms with E-state index in [1.165, 1.54) is 18.2 Å². The summed E-state index contributed by atoms with van der Waals surface area (Å²) < 4.78 is 13.2. The van der Waals surface area contributed by atoms with Gasteiger partial charge in [0, 0.05) is 6.54 Å². The van der Waals surface area contributed by atoms with E-state index in [0.717, 1.165) is 11.1 Å². The van der Waals surface area contributed by atoms with E-state index in [-0.39, 0.29) is 17.8 Å². The summed E-state index contributed by atoms with van der Waals surface area (Å²) in [5.41, 5.74) is 1.86. The van der Waals surface area contributed by atoms with Gasteiger partial charge in [-0.15, -0.1) is 0 Å². The van der Waals surface area contributed by atoms with E-state index in [4.69, 9.17) is 0 Å². The molecule has 0 N–H and O–H groups in total. The number of carbonyl (C=O) groups is 1. The molecule has 0 aromatic heterocycles. The van der Waals surface area contributed by atoms with Gasteiger partial charge in [-0.3, -0.25) is 4.79 Å². The first-order valence-electron chi connectivity index (χ1n) is 6.90. The summed E-state index contributed by atoms with van der Waals surface area (Å²) in [4.78, 5) is 13.8. The molecule has 21 heavy (non-hydrogen) atoms. The van der Waals surface area contributed by atoms with Crippen molar-refractivity contribution in [3.8, 4) is 0 Å². The summed E-state index contributed by atoms with van der Waals surface area (Å²) in [6, 6.07) is 15.7.